The molecule has 0 fully saturated rings. The third-order valence-corrected chi connectivity index (χ3v) is 4.94. The van der Waals surface area contributed by atoms with Crippen molar-refractivity contribution in [3.63, 3.8) is 0 Å². The fraction of sp³-hybridized carbons (Fsp3) is 0.0417. The average Bonchev–Trinajstić information content (AvgIpc) is 3.21. The lowest BCUT2D eigenvalue weighted by Gasteiger charge is -2.08. The van der Waals surface area contributed by atoms with Crippen LogP contribution in [-0.4, -0.2) is 30.8 Å². The van der Waals surface area contributed by atoms with Crippen molar-refractivity contribution in [3.05, 3.63) is 90.8 Å². The lowest BCUT2D eigenvalue weighted by molar-refractivity contribution is -0.115. The Morgan fingerprint density at radius 1 is 0.906 bits per heavy atom. The van der Waals surface area contributed by atoms with Crippen LogP contribution in [-0.2, 0) is 11.2 Å². The third kappa shape index (κ3) is 3.93. The van der Waals surface area contributed by atoms with Crippen molar-refractivity contribution in [3.8, 4) is 22.6 Å². The Balaban J connectivity index is 1.48. The van der Waals surface area contributed by atoms with E-state index in [0.29, 0.717) is 17.2 Å². The van der Waals surface area contributed by atoms with Gasteiger partial charge in [-0.05, 0) is 48.0 Å². The van der Waals surface area contributed by atoms with Crippen molar-refractivity contribution in [2.75, 3.05) is 5.32 Å². The summed E-state index contributed by atoms with van der Waals surface area (Å²) in [6, 6.07) is 15.0. The Morgan fingerprint density at radius 2 is 1.69 bits per heavy atom. The van der Waals surface area contributed by atoms with Crippen LogP contribution in [0.3, 0.4) is 0 Å². The molecule has 0 spiro atoms. The van der Waals surface area contributed by atoms with E-state index in [1.54, 1.807) is 49.1 Å². The number of carbonyl (C=O) groups is 1. The minimum atomic E-state index is -0.338. The molecule has 1 aromatic carbocycles. The standard InChI is InChI=1S/C24H17FN6O/c25-17-6-4-15(5-7-17)13-20(32)31-19-14-16(8-12-26-19)22-21(24-28-10-2-11-29-24)23-18(30-22)3-1-9-27-23/h1-12,14,30H,13H2,(H,26,31,32). The zero-order valence-corrected chi connectivity index (χ0v) is 16.8. The maximum Gasteiger partial charge on any atom is 0.229 e. The molecule has 0 radical (unpaired) electrons. The van der Waals surface area contributed by atoms with Gasteiger partial charge in [-0.2, -0.15) is 0 Å². The van der Waals surface area contributed by atoms with Crippen molar-refractivity contribution in [2.45, 2.75) is 6.42 Å². The van der Waals surface area contributed by atoms with Crippen LogP contribution in [0.1, 0.15) is 5.56 Å². The van der Waals surface area contributed by atoms with Crippen LogP contribution in [0.15, 0.2) is 79.4 Å². The number of nitrogens with one attached hydrogen (secondary N) is 2. The molecule has 0 aliphatic carbocycles. The monoisotopic (exact) mass is 424 g/mol. The summed E-state index contributed by atoms with van der Waals surface area (Å²) in [5, 5.41) is 2.80. The van der Waals surface area contributed by atoms with E-state index in [9.17, 15) is 9.18 Å². The van der Waals surface area contributed by atoms with Gasteiger partial charge >= 0.3 is 0 Å². The van der Waals surface area contributed by atoms with E-state index < -0.39 is 0 Å². The lowest BCUT2D eigenvalue weighted by Crippen LogP contribution is -2.15. The number of aromatic nitrogens is 5. The summed E-state index contributed by atoms with van der Waals surface area (Å²) >= 11 is 0. The Morgan fingerprint density at radius 3 is 2.50 bits per heavy atom. The lowest BCUT2D eigenvalue weighted by atomic mass is 10.1. The fourth-order valence-electron chi connectivity index (χ4n) is 3.51. The molecule has 7 nitrogen and oxygen atoms in total. The van der Waals surface area contributed by atoms with E-state index in [2.05, 4.69) is 30.2 Å². The van der Waals surface area contributed by atoms with Gasteiger partial charge in [0.05, 0.1) is 28.7 Å². The Bertz CT molecular complexity index is 1400. The minimum Gasteiger partial charge on any atom is -0.353 e. The molecule has 156 valence electrons. The predicted octanol–water partition coefficient (Wildman–Crippen LogP) is 4.40. The summed E-state index contributed by atoms with van der Waals surface area (Å²) in [7, 11) is 0. The molecule has 0 bridgehead atoms. The van der Waals surface area contributed by atoms with Crippen LogP contribution in [0.2, 0.25) is 0 Å². The molecule has 0 unspecified atom stereocenters. The molecular weight excluding hydrogens is 407 g/mol. The summed E-state index contributed by atoms with van der Waals surface area (Å²) in [6.45, 7) is 0. The first-order chi connectivity index (χ1) is 15.7. The molecule has 0 atom stereocenters. The van der Waals surface area contributed by atoms with Crippen molar-refractivity contribution in [1.82, 2.24) is 24.9 Å². The number of carbonyl (C=O) groups excluding carboxylic acids is 1. The normalized spacial score (nSPS) is 10.9. The summed E-state index contributed by atoms with van der Waals surface area (Å²) in [6.07, 6.45) is 6.83. The van der Waals surface area contributed by atoms with Crippen LogP contribution in [0.4, 0.5) is 10.2 Å². The Labute approximate surface area is 182 Å². The van der Waals surface area contributed by atoms with Crippen LogP contribution in [0, 0.1) is 5.82 Å². The van der Waals surface area contributed by atoms with Crippen LogP contribution < -0.4 is 5.32 Å². The molecule has 1 amide bonds. The molecule has 8 heteroatoms. The first-order valence-corrected chi connectivity index (χ1v) is 9.92. The van der Waals surface area contributed by atoms with Crippen molar-refractivity contribution >= 4 is 22.8 Å². The number of hydrogen-bond donors (Lipinski definition) is 2. The third-order valence-electron chi connectivity index (χ3n) is 4.94. The summed E-state index contributed by atoms with van der Waals surface area (Å²) in [4.78, 5) is 33.4. The van der Waals surface area contributed by atoms with Crippen molar-refractivity contribution in [1.29, 1.82) is 0 Å². The fourth-order valence-corrected chi connectivity index (χ4v) is 3.51. The highest BCUT2D eigenvalue weighted by molar-refractivity contribution is 6.00. The van der Waals surface area contributed by atoms with Crippen LogP contribution in [0.5, 0.6) is 0 Å². The van der Waals surface area contributed by atoms with Crippen LogP contribution >= 0.6 is 0 Å². The largest absolute Gasteiger partial charge is 0.353 e. The number of benzene rings is 1. The topological polar surface area (TPSA) is 96.5 Å². The van der Waals surface area contributed by atoms with E-state index in [4.69, 9.17) is 0 Å². The molecule has 0 saturated carbocycles. The quantitative estimate of drug-likeness (QED) is 0.436. The highest BCUT2D eigenvalue weighted by Gasteiger charge is 2.18. The Hall–Kier alpha value is -4.46. The number of H-pyrrole nitrogens is 1. The second-order valence-electron chi connectivity index (χ2n) is 7.13. The van der Waals surface area contributed by atoms with Gasteiger partial charge in [-0.3, -0.25) is 9.78 Å². The summed E-state index contributed by atoms with van der Waals surface area (Å²) in [5.74, 6) is 0.369. The molecule has 0 saturated heterocycles. The van der Waals surface area contributed by atoms with E-state index in [1.165, 1.54) is 12.1 Å². The van der Waals surface area contributed by atoms with E-state index in [-0.39, 0.29) is 18.1 Å². The van der Waals surface area contributed by atoms with Gasteiger partial charge in [0.1, 0.15) is 11.6 Å². The van der Waals surface area contributed by atoms with Gasteiger partial charge < -0.3 is 10.3 Å². The number of amides is 1. The number of rotatable bonds is 5. The second kappa shape index (κ2) is 8.35. The molecular formula is C24H17FN6O. The molecule has 0 aliphatic rings. The first-order valence-electron chi connectivity index (χ1n) is 9.92. The van der Waals surface area contributed by atoms with Gasteiger partial charge in [-0.15, -0.1) is 0 Å². The van der Waals surface area contributed by atoms with E-state index in [0.717, 1.165) is 27.9 Å². The first kappa shape index (κ1) is 19.5. The van der Waals surface area contributed by atoms with Gasteiger partial charge in [0.2, 0.25) is 5.91 Å². The van der Waals surface area contributed by atoms with Gasteiger partial charge in [-0.25, -0.2) is 19.3 Å². The SMILES string of the molecule is O=C(Cc1ccc(F)cc1)Nc1cc(-c2[nH]c3cccnc3c2-c2ncccn2)ccn1. The van der Waals surface area contributed by atoms with Gasteiger partial charge in [0, 0.05) is 30.4 Å². The molecule has 4 heterocycles. The number of hydrogen-bond acceptors (Lipinski definition) is 5. The van der Waals surface area contributed by atoms with Gasteiger partial charge in [0.25, 0.3) is 0 Å². The number of pyridine rings is 2. The number of aromatic amines is 1. The molecule has 2 N–H and O–H groups in total. The van der Waals surface area contributed by atoms with Crippen LogP contribution in [0.25, 0.3) is 33.7 Å². The predicted molar refractivity (Wildman–Crippen MR) is 119 cm³/mol. The summed E-state index contributed by atoms with van der Waals surface area (Å²) in [5.41, 5.74) is 4.68. The number of anilines is 1. The smallest absolute Gasteiger partial charge is 0.229 e. The summed E-state index contributed by atoms with van der Waals surface area (Å²) < 4.78 is 13.1. The highest BCUT2D eigenvalue weighted by Crippen LogP contribution is 2.35. The second-order valence-corrected chi connectivity index (χ2v) is 7.13. The van der Waals surface area contributed by atoms with Gasteiger partial charge in [0.15, 0.2) is 5.82 Å². The molecule has 0 aliphatic heterocycles. The van der Waals surface area contributed by atoms with Gasteiger partial charge in [-0.1, -0.05) is 12.1 Å². The number of halogens is 1. The minimum absolute atomic E-state index is 0.117. The zero-order chi connectivity index (χ0) is 21.9. The molecule has 5 rings (SSSR count). The Kier molecular flexibility index (Phi) is 5.09. The average molecular weight is 424 g/mol. The van der Waals surface area contributed by atoms with E-state index in [1.807, 2.05) is 18.2 Å². The molecule has 5 aromatic rings. The zero-order valence-electron chi connectivity index (χ0n) is 16.8. The van der Waals surface area contributed by atoms with E-state index >= 15 is 0 Å². The highest BCUT2D eigenvalue weighted by atomic mass is 19.1. The number of fused-ring (bicyclic) bond motifs is 1. The molecule has 32 heavy (non-hydrogen) atoms. The molecule has 4 aromatic heterocycles. The maximum atomic E-state index is 13.1. The maximum absolute atomic E-state index is 13.1. The van der Waals surface area contributed by atoms with Crippen molar-refractivity contribution in [2.24, 2.45) is 0 Å². The van der Waals surface area contributed by atoms with Crippen molar-refractivity contribution < 1.29 is 9.18 Å². The number of nitrogens with zero attached hydrogens (tertiary/aromatic N) is 4.